The molecule has 1 aromatic heterocycles. The number of halogens is 2. The van der Waals surface area contributed by atoms with E-state index >= 15 is 9.18 Å². The molecule has 0 radical (unpaired) electrons. The first-order valence-electron chi connectivity index (χ1n) is 25.2. The van der Waals surface area contributed by atoms with Crippen molar-refractivity contribution in [2.24, 2.45) is 11.3 Å². The standard InChI is InChI=1S/C56H59ClFN7O6/c1-32-24-42-40(26-59-32)56(31-60-42)47(38-15-7-16-41(57)48(38)58)49(62-55(56)22-9-21-54(3,4)30-55)53(70)64-27-33(2)71-45-25-36(17-18-43(45)64)51(68)63-23-8-11-34(28-63)10-5-12-35-13-6-14-37-39(35)29-65(52(37)69)44-19-20-46(66)61-50(44)67/h6-7,13-18,24-26,33-34,44,47,49,60,62H,8-11,19-23,27-31H2,1-4H3,(H,61,66,67)/t33-,34+,44-,47-,49+,55-,56+/m0/s1. The number of ether oxygens (including phenoxy) is 1. The second-order valence-electron chi connectivity index (χ2n) is 21.8. The Morgan fingerprint density at radius 1 is 1.01 bits per heavy atom. The zero-order valence-electron chi connectivity index (χ0n) is 40.6. The van der Waals surface area contributed by atoms with E-state index < -0.39 is 46.8 Å². The molecular weight excluding hydrogens is 921 g/mol. The molecule has 13 nitrogen and oxygen atoms in total. The number of amides is 5. The number of hydrogen-bond donors (Lipinski definition) is 3. The summed E-state index contributed by atoms with van der Waals surface area (Å²) >= 11 is 6.60. The number of aromatic nitrogens is 1. The van der Waals surface area contributed by atoms with E-state index in [1.807, 2.05) is 43.1 Å². The van der Waals surface area contributed by atoms with Gasteiger partial charge in [0, 0.05) is 95.7 Å². The molecule has 3 N–H and O–H groups in total. The fraction of sp³-hybridized carbons (Fsp3) is 0.464. The molecule has 368 valence electrons. The van der Waals surface area contributed by atoms with Crippen molar-refractivity contribution < 1.29 is 33.1 Å². The number of piperidine rings is 2. The van der Waals surface area contributed by atoms with Crippen LogP contribution < -0.4 is 25.6 Å². The molecule has 5 amide bonds. The number of carbonyl (C=O) groups is 5. The number of aryl methyl sites for hydroxylation is 1. The lowest BCUT2D eigenvalue weighted by molar-refractivity contribution is -0.137. The molecule has 1 saturated carbocycles. The van der Waals surface area contributed by atoms with Gasteiger partial charge in [0.2, 0.25) is 17.7 Å². The van der Waals surface area contributed by atoms with Crippen LogP contribution in [0.4, 0.5) is 15.8 Å². The van der Waals surface area contributed by atoms with Gasteiger partial charge >= 0.3 is 0 Å². The first-order valence-corrected chi connectivity index (χ1v) is 25.5. The quantitative estimate of drug-likeness (QED) is 0.134. The Labute approximate surface area is 418 Å². The summed E-state index contributed by atoms with van der Waals surface area (Å²) in [4.78, 5) is 77.8. The third-order valence-electron chi connectivity index (χ3n) is 16.6. The summed E-state index contributed by atoms with van der Waals surface area (Å²) in [5.41, 5.74) is 4.82. The second-order valence-corrected chi connectivity index (χ2v) is 22.2. The molecule has 6 aliphatic heterocycles. The number of fused-ring (bicyclic) bond motifs is 5. The fourth-order valence-corrected chi connectivity index (χ4v) is 13.7. The molecule has 0 unspecified atom stereocenters. The summed E-state index contributed by atoms with van der Waals surface area (Å²) in [5.74, 6) is 4.65. The molecule has 4 aromatic rings. The first kappa shape index (κ1) is 47.0. The van der Waals surface area contributed by atoms with Crippen LogP contribution in [0.15, 0.2) is 66.9 Å². The maximum Gasteiger partial charge on any atom is 0.255 e. The summed E-state index contributed by atoms with van der Waals surface area (Å²) in [6.45, 7) is 10.6. The molecule has 7 aliphatic rings. The summed E-state index contributed by atoms with van der Waals surface area (Å²) in [6, 6.07) is 16.4. The Bertz CT molecular complexity index is 2990. The van der Waals surface area contributed by atoms with Gasteiger partial charge in [-0.25, -0.2) is 4.39 Å². The number of rotatable bonds is 5. The Kier molecular flexibility index (Phi) is 11.8. The zero-order valence-corrected chi connectivity index (χ0v) is 41.4. The molecule has 7 atom stereocenters. The average molecular weight is 981 g/mol. The van der Waals surface area contributed by atoms with Crippen LogP contribution in [0.1, 0.15) is 133 Å². The molecule has 7 heterocycles. The minimum Gasteiger partial charge on any atom is -0.487 e. The maximum absolute atomic E-state index is 16.8. The lowest BCUT2D eigenvalue weighted by Crippen LogP contribution is -2.61. The fourth-order valence-electron chi connectivity index (χ4n) is 13.5. The van der Waals surface area contributed by atoms with Crippen LogP contribution in [0.25, 0.3) is 0 Å². The highest BCUT2D eigenvalue weighted by Crippen LogP contribution is 2.64. The van der Waals surface area contributed by atoms with Crippen molar-refractivity contribution in [2.45, 2.75) is 127 Å². The molecule has 11 rings (SSSR count). The summed E-state index contributed by atoms with van der Waals surface area (Å²) < 4.78 is 23.2. The molecule has 2 spiro atoms. The lowest BCUT2D eigenvalue weighted by atomic mass is 9.53. The topological polar surface area (TPSA) is 153 Å². The first-order chi connectivity index (χ1) is 34.1. The highest BCUT2D eigenvalue weighted by Gasteiger charge is 2.70. The number of hydrogen-bond acceptors (Lipinski definition) is 9. The van der Waals surface area contributed by atoms with Crippen molar-refractivity contribution in [3.63, 3.8) is 0 Å². The van der Waals surface area contributed by atoms with Crippen LogP contribution >= 0.6 is 11.6 Å². The van der Waals surface area contributed by atoms with Crippen LogP contribution in [-0.2, 0) is 26.3 Å². The SMILES string of the molecule is Cc1cc2c(cn1)[C@]1(CN2)[C@@H](c2cccc(Cl)c2F)[C@H](C(=O)N2C[C@H](C)Oc3cc(C(=O)N4CCC[C@@H](CC#Cc5cccc6c5CN([C@H]5CCC(=O)NC5=O)C6=O)C4)ccc32)N[C@]12CCCC(C)(C)C2. The van der Waals surface area contributed by atoms with E-state index in [1.165, 1.54) is 4.90 Å². The predicted molar refractivity (Wildman–Crippen MR) is 267 cm³/mol. The molecule has 1 aliphatic carbocycles. The van der Waals surface area contributed by atoms with Gasteiger partial charge in [-0.1, -0.05) is 61.9 Å². The maximum atomic E-state index is 16.8. The molecule has 4 fully saturated rings. The lowest BCUT2D eigenvalue weighted by Gasteiger charge is -2.52. The Balaban J connectivity index is 0.846. The highest BCUT2D eigenvalue weighted by molar-refractivity contribution is 6.30. The van der Waals surface area contributed by atoms with Gasteiger partial charge in [-0.3, -0.25) is 39.6 Å². The molecule has 71 heavy (non-hydrogen) atoms. The van der Waals surface area contributed by atoms with Gasteiger partial charge in [0.1, 0.15) is 23.7 Å². The Hall–Kier alpha value is -6.30. The molecule has 3 aromatic carbocycles. The monoisotopic (exact) mass is 979 g/mol. The molecular formula is C56H59ClFN7O6. The van der Waals surface area contributed by atoms with Gasteiger partial charge in [0.05, 0.1) is 23.3 Å². The summed E-state index contributed by atoms with van der Waals surface area (Å²) in [5, 5.41) is 10.1. The second kappa shape index (κ2) is 17.8. The van der Waals surface area contributed by atoms with E-state index in [0.717, 1.165) is 66.6 Å². The highest BCUT2D eigenvalue weighted by atomic mass is 35.5. The molecule has 3 saturated heterocycles. The Morgan fingerprint density at radius 3 is 2.66 bits per heavy atom. The van der Waals surface area contributed by atoms with Crippen molar-refractivity contribution in [1.29, 1.82) is 0 Å². The summed E-state index contributed by atoms with van der Waals surface area (Å²) in [6.07, 6.45) is 7.81. The number of anilines is 2. The van der Waals surface area contributed by atoms with Crippen LogP contribution in [0.2, 0.25) is 5.02 Å². The van der Waals surface area contributed by atoms with Gasteiger partial charge in [0.25, 0.3) is 11.8 Å². The van der Waals surface area contributed by atoms with E-state index in [2.05, 4.69) is 41.6 Å². The largest absolute Gasteiger partial charge is 0.487 e. The number of pyridine rings is 1. The van der Waals surface area contributed by atoms with E-state index in [4.69, 9.17) is 21.3 Å². The van der Waals surface area contributed by atoms with Crippen molar-refractivity contribution in [3.8, 4) is 17.6 Å². The minimum absolute atomic E-state index is 0.00729. The molecule has 0 bridgehead atoms. The zero-order chi connectivity index (χ0) is 49.6. The van der Waals surface area contributed by atoms with Gasteiger partial charge in [-0.05, 0) is 117 Å². The smallest absolute Gasteiger partial charge is 0.255 e. The number of carbonyl (C=O) groups excluding carboxylic acids is 5. The van der Waals surface area contributed by atoms with Gasteiger partial charge in [-0.15, -0.1) is 0 Å². The van der Waals surface area contributed by atoms with E-state index in [9.17, 15) is 19.2 Å². The van der Waals surface area contributed by atoms with E-state index in [1.54, 1.807) is 47.4 Å². The molecule has 15 heteroatoms. The van der Waals surface area contributed by atoms with Crippen LogP contribution in [0.5, 0.6) is 5.75 Å². The van der Waals surface area contributed by atoms with Crippen LogP contribution in [0.3, 0.4) is 0 Å². The Morgan fingerprint density at radius 2 is 1.85 bits per heavy atom. The van der Waals surface area contributed by atoms with Gasteiger partial charge < -0.3 is 24.8 Å². The summed E-state index contributed by atoms with van der Waals surface area (Å²) in [7, 11) is 0. The normalized spacial score (nSPS) is 28.4. The average Bonchev–Trinajstić information content (AvgIpc) is 3.98. The van der Waals surface area contributed by atoms with Gasteiger partial charge in [-0.2, -0.15) is 0 Å². The van der Waals surface area contributed by atoms with Crippen molar-refractivity contribution in [3.05, 3.63) is 117 Å². The third kappa shape index (κ3) is 7.95. The van der Waals surface area contributed by atoms with E-state index in [-0.39, 0.29) is 65.9 Å². The minimum atomic E-state index is -0.850. The predicted octanol–water partition coefficient (Wildman–Crippen LogP) is 7.81. The number of nitrogens with zero attached hydrogens (tertiary/aromatic N) is 4. The number of imide groups is 1. The van der Waals surface area contributed by atoms with Crippen molar-refractivity contribution in [1.82, 2.24) is 25.4 Å². The van der Waals surface area contributed by atoms with Gasteiger partial charge in [0.15, 0.2) is 0 Å². The van der Waals surface area contributed by atoms with Crippen LogP contribution in [-0.4, -0.2) is 94.2 Å². The van der Waals surface area contributed by atoms with E-state index in [0.29, 0.717) is 54.2 Å². The third-order valence-corrected chi connectivity index (χ3v) is 16.9. The van der Waals surface area contributed by atoms with Crippen molar-refractivity contribution >= 4 is 52.5 Å². The van der Waals surface area contributed by atoms with Crippen molar-refractivity contribution in [2.75, 3.05) is 36.4 Å². The number of nitrogens with one attached hydrogen (secondary N) is 3. The number of benzene rings is 3. The van der Waals surface area contributed by atoms with Crippen LogP contribution in [0, 0.1) is 35.9 Å². The number of likely N-dealkylation sites (tertiary alicyclic amines) is 1.